The highest BCUT2D eigenvalue weighted by molar-refractivity contribution is 8.13. The summed E-state index contributed by atoms with van der Waals surface area (Å²) in [6.07, 6.45) is 0. The van der Waals surface area contributed by atoms with Crippen LogP contribution in [0.5, 0.6) is 11.5 Å². The van der Waals surface area contributed by atoms with Crippen molar-refractivity contribution in [1.82, 2.24) is 4.98 Å². The zero-order valence-electron chi connectivity index (χ0n) is 9.88. The third-order valence-electron chi connectivity index (χ3n) is 2.55. The number of nitrogens with one attached hydrogen (secondary N) is 1. The van der Waals surface area contributed by atoms with E-state index >= 15 is 0 Å². The monoisotopic (exact) mass is 293 g/mol. The number of nitrogens with two attached hydrogens (primary N) is 1. The molecule has 0 fully saturated rings. The molecule has 19 heavy (non-hydrogen) atoms. The highest BCUT2D eigenvalue weighted by Crippen LogP contribution is 2.36. The Hall–Kier alpha value is -1.73. The maximum Gasteiger partial charge on any atom is 0.231 e. The van der Waals surface area contributed by atoms with Crippen molar-refractivity contribution in [2.24, 2.45) is 5.73 Å². The highest BCUT2D eigenvalue weighted by Gasteiger charge is 2.15. The number of hydrogen-bond acceptors (Lipinski definition) is 6. The van der Waals surface area contributed by atoms with Crippen molar-refractivity contribution in [2.45, 2.75) is 5.75 Å². The molecule has 0 amide bonds. The Labute approximate surface area is 118 Å². The van der Waals surface area contributed by atoms with Crippen LogP contribution in [0.4, 0.5) is 0 Å². The van der Waals surface area contributed by atoms with Gasteiger partial charge in [0.25, 0.3) is 0 Å². The van der Waals surface area contributed by atoms with E-state index in [0.29, 0.717) is 5.75 Å². The molecule has 0 bridgehead atoms. The summed E-state index contributed by atoms with van der Waals surface area (Å²) in [5, 5.41) is 10.2. The average Bonchev–Trinajstić information content (AvgIpc) is 3.04. The summed E-state index contributed by atoms with van der Waals surface area (Å²) in [5.74, 6) is 2.15. The summed E-state index contributed by atoms with van der Waals surface area (Å²) in [7, 11) is 0. The number of thiazole rings is 1. The predicted octanol–water partition coefficient (Wildman–Crippen LogP) is 2.67. The van der Waals surface area contributed by atoms with Crippen molar-refractivity contribution in [2.75, 3.05) is 6.79 Å². The highest BCUT2D eigenvalue weighted by atomic mass is 32.2. The standard InChI is InChI=1S/C12H11N3O2S2/c13-12(14)19-5-8-4-18-11(15-8)7-1-2-9-10(3-7)17-6-16-9/h1-4H,5-6H2,(H3,13,14). The lowest BCUT2D eigenvalue weighted by molar-refractivity contribution is 0.174. The van der Waals surface area contributed by atoms with Gasteiger partial charge in [0.05, 0.1) is 5.69 Å². The van der Waals surface area contributed by atoms with Crippen LogP contribution in [0.15, 0.2) is 23.6 Å². The summed E-state index contributed by atoms with van der Waals surface area (Å²) in [4.78, 5) is 4.53. The number of rotatable bonds is 3. The van der Waals surface area contributed by atoms with E-state index in [1.807, 2.05) is 23.6 Å². The van der Waals surface area contributed by atoms with Crippen molar-refractivity contribution < 1.29 is 9.47 Å². The summed E-state index contributed by atoms with van der Waals surface area (Å²) in [6.45, 7) is 0.275. The number of fused-ring (bicyclic) bond motifs is 1. The van der Waals surface area contributed by atoms with E-state index in [4.69, 9.17) is 20.6 Å². The van der Waals surface area contributed by atoms with E-state index in [9.17, 15) is 0 Å². The molecular weight excluding hydrogens is 282 g/mol. The molecule has 1 aromatic heterocycles. The number of ether oxygens (including phenoxy) is 2. The fraction of sp³-hybridized carbons (Fsp3) is 0.167. The Kier molecular flexibility index (Phi) is 3.31. The van der Waals surface area contributed by atoms with Crippen LogP contribution in [0.1, 0.15) is 5.69 Å². The lowest BCUT2D eigenvalue weighted by atomic mass is 10.2. The van der Waals surface area contributed by atoms with Crippen LogP contribution in [0, 0.1) is 5.41 Å². The SMILES string of the molecule is N=C(N)SCc1csc(-c2ccc3c(c2)OCO3)n1. The molecule has 0 spiro atoms. The van der Waals surface area contributed by atoms with Gasteiger partial charge in [0.15, 0.2) is 16.7 Å². The molecule has 1 aromatic carbocycles. The summed E-state index contributed by atoms with van der Waals surface area (Å²) in [6, 6.07) is 5.79. The zero-order valence-corrected chi connectivity index (χ0v) is 11.5. The van der Waals surface area contributed by atoms with Crippen LogP contribution in [0.2, 0.25) is 0 Å². The Balaban J connectivity index is 1.80. The second-order valence-corrected chi connectivity index (χ2v) is 5.74. The minimum Gasteiger partial charge on any atom is -0.454 e. The van der Waals surface area contributed by atoms with Gasteiger partial charge in [-0.2, -0.15) is 0 Å². The fourth-order valence-electron chi connectivity index (χ4n) is 1.69. The Morgan fingerprint density at radius 3 is 3.11 bits per heavy atom. The van der Waals surface area contributed by atoms with Gasteiger partial charge in [-0.15, -0.1) is 11.3 Å². The van der Waals surface area contributed by atoms with Gasteiger partial charge in [-0.25, -0.2) is 4.98 Å². The van der Waals surface area contributed by atoms with Crippen LogP contribution in [0.25, 0.3) is 10.6 Å². The lowest BCUT2D eigenvalue weighted by Gasteiger charge is -1.99. The number of hydrogen-bond donors (Lipinski definition) is 2. The summed E-state index contributed by atoms with van der Waals surface area (Å²) in [5.41, 5.74) is 7.25. The molecule has 2 heterocycles. The largest absolute Gasteiger partial charge is 0.454 e. The molecule has 3 rings (SSSR count). The van der Waals surface area contributed by atoms with Gasteiger partial charge in [-0.3, -0.25) is 5.41 Å². The number of benzene rings is 1. The molecule has 2 aromatic rings. The first-order valence-corrected chi connectivity index (χ1v) is 7.40. The van der Waals surface area contributed by atoms with Crippen LogP contribution in [-0.2, 0) is 5.75 Å². The molecule has 5 nitrogen and oxygen atoms in total. The van der Waals surface area contributed by atoms with Crippen LogP contribution in [0.3, 0.4) is 0 Å². The molecule has 1 aliphatic rings. The van der Waals surface area contributed by atoms with E-state index in [0.717, 1.165) is 27.8 Å². The summed E-state index contributed by atoms with van der Waals surface area (Å²) < 4.78 is 10.6. The van der Waals surface area contributed by atoms with Crippen LogP contribution >= 0.6 is 23.1 Å². The second-order valence-electron chi connectivity index (χ2n) is 3.86. The molecule has 98 valence electrons. The maximum absolute atomic E-state index is 7.18. The second kappa shape index (κ2) is 5.10. The van der Waals surface area contributed by atoms with E-state index in [1.54, 1.807) is 11.3 Å². The number of amidine groups is 1. The lowest BCUT2D eigenvalue weighted by Crippen LogP contribution is -2.03. The number of nitrogens with zero attached hydrogens (tertiary/aromatic N) is 1. The van der Waals surface area contributed by atoms with Gasteiger partial charge in [-0.1, -0.05) is 11.8 Å². The van der Waals surface area contributed by atoms with Gasteiger partial charge >= 0.3 is 0 Å². The quantitative estimate of drug-likeness (QED) is 0.671. The van der Waals surface area contributed by atoms with Gasteiger partial charge < -0.3 is 15.2 Å². The molecule has 3 N–H and O–H groups in total. The van der Waals surface area contributed by atoms with Crippen molar-refractivity contribution in [3.8, 4) is 22.1 Å². The topological polar surface area (TPSA) is 81.2 Å². The molecule has 0 saturated carbocycles. The van der Waals surface area contributed by atoms with Crippen LogP contribution < -0.4 is 15.2 Å². The van der Waals surface area contributed by atoms with Crippen molar-refractivity contribution in [3.05, 3.63) is 29.3 Å². The van der Waals surface area contributed by atoms with Crippen molar-refractivity contribution >= 4 is 28.3 Å². The van der Waals surface area contributed by atoms with E-state index in [2.05, 4.69) is 4.98 Å². The maximum atomic E-state index is 7.18. The fourth-order valence-corrected chi connectivity index (χ4v) is 3.06. The van der Waals surface area contributed by atoms with E-state index in [1.165, 1.54) is 11.8 Å². The molecule has 0 radical (unpaired) electrons. The third kappa shape index (κ3) is 2.66. The first-order valence-electron chi connectivity index (χ1n) is 5.53. The molecule has 0 aliphatic carbocycles. The van der Waals surface area contributed by atoms with Gasteiger partial charge in [0.1, 0.15) is 5.01 Å². The molecule has 7 heteroatoms. The normalized spacial score (nSPS) is 12.6. The molecule has 0 saturated heterocycles. The molecule has 0 unspecified atom stereocenters. The van der Waals surface area contributed by atoms with Crippen molar-refractivity contribution in [1.29, 1.82) is 5.41 Å². The van der Waals surface area contributed by atoms with Gasteiger partial charge in [0, 0.05) is 16.7 Å². The third-order valence-corrected chi connectivity index (χ3v) is 4.24. The average molecular weight is 293 g/mol. The van der Waals surface area contributed by atoms with Crippen molar-refractivity contribution in [3.63, 3.8) is 0 Å². The minimum atomic E-state index is 0.109. The Morgan fingerprint density at radius 1 is 1.42 bits per heavy atom. The summed E-state index contributed by atoms with van der Waals surface area (Å²) >= 11 is 2.84. The number of aromatic nitrogens is 1. The predicted molar refractivity (Wildman–Crippen MR) is 76.9 cm³/mol. The number of thioether (sulfide) groups is 1. The van der Waals surface area contributed by atoms with E-state index in [-0.39, 0.29) is 12.0 Å². The molecule has 0 atom stereocenters. The zero-order chi connectivity index (χ0) is 13.2. The van der Waals surface area contributed by atoms with E-state index < -0.39 is 0 Å². The first kappa shape index (κ1) is 12.3. The Morgan fingerprint density at radius 2 is 2.26 bits per heavy atom. The molecule has 1 aliphatic heterocycles. The first-order chi connectivity index (χ1) is 9.22. The van der Waals surface area contributed by atoms with Gasteiger partial charge in [-0.05, 0) is 18.2 Å². The minimum absolute atomic E-state index is 0.109. The van der Waals surface area contributed by atoms with Crippen LogP contribution in [-0.4, -0.2) is 16.9 Å². The smallest absolute Gasteiger partial charge is 0.231 e. The van der Waals surface area contributed by atoms with Gasteiger partial charge in [0.2, 0.25) is 6.79 Å². The Bertz CT molecular complexity index is 627. The molecular formula is C12H11N3O2S2.